The normalized spacial score (nSPS) is 17.7. The van der Waals surface area contributed by atoms with Crippen molar-refractivity contribution in [3.05, 3.63) is 89.2 Å². The largest absolute Gasteiger partial charge is 0.455 e. The van der Waals surface area contributed by atoms with Gasteiger partial charge in [-0.05, 0) is 68.4 Å². The highest BCUT2D eigenvalue weighted by Crippen LogP contribution is 2.41. The Hall–Kier alpha value is -2.89. The predicted molar refractivity (Wildman–Crippen MR) is 125 cm³/mol. The monoisotopic (exact) mass is 447 g/mol. The van der Waals surface area contributed by atoms with E-state index in [4.69, 9.17) is 16.3 Å². The molecular weight excluding hydrogens is 422 g/mol. The number of hydrogen-bond donors (Lipinski definition) is 0. The zero-order valence-electron chi connectivity index (χ0n) is 17.9. The van der Waals surface area contributed by atoms with Crippen LogP contribution in [0.5, 0.6) is 11.5 Å². The first kappa shape index (κ1) is 21.0. The summed E-state index contributed by atoms with van der Waals surface area (Å²) in [6, 6.07) is 19.2. The van der Waals surface area contributed by atoms with Crippen LogP contribution in [0.3, 0.4) is 0 Å². The Balaban J connectivity index is 1.15. The van der Waals surface area contributed by atoms with Gasteiger partial charge in [0.25, 0.3) is 5.91 Å². The fourth-order valence-electron chi connectivity index (χ4n) is 4.69. The molecule has 0 unspecified atom stereocenters. The lowest BCUT2D eigenvalue weighted by atomic mass is 9.71. The summed E-state index contributed by atoms with van der Waals surface area (Å²) in [5, 5.41) is 0.654. The van der Waals surface area contributed by atoms with Crippen molar-refractivity contribution >= 4 is 17.5 Å². The maximum absolute atomic E-state index is 12.7. The summed E-state index contributed by atoms with van der Waals surface area (Å²) in [6.45, 7) is 4.63. The molecule has 2 aliphatic rings. The van der Waals surface area contributed by atoms with Gasteiger partial charge >= 0.3 is 0 Å². The molecule has 5 rings (SSSR count). The Labute approximate surface area is 193 Å². The average molecular weight is 448 g/mol. The van der Waals surface area contributed by atoms with Crippen molar-refractivity contribution in [1.29, 1.82) is 0 Å². The van der Waals surface area contributed by atoms with Crippen molar-refractivity contribution in [2.75, 3.05) is 26.2 Å². The molecule has 0 aliphatic carbocycles. The van der Waals surface area contributed by atoms with Crippen molar-refractivity contribution < 1.29 is 9.53 Å². The van der Waals surface area contributed by atoms with Gasteiger partial charge in [-0.1, -0.05) is 29.8 Å². The van der Waals surface area contributed by atoms with Crippen LogP contribution in [0.1, 0.15) is 28.8 Å². The zero-order valence-corrected chi connectivity index (χ0v) is 18.7. The molecule has 1 amide bonds. The number of pyridine rings is 1. The molecule has 5 nitrogen and oxygen atoms in total. The minimum atomic E-state index is 0.108. The molecule has 2 saturated heterocycles. The van der Waals surface area contributed by atoms with Crippen molar-refractivity contribution in [1.82, 2.24) is 14.8 Å². The third-order valence-corrected chi connectivity index (χ3v) is 6.83. The van der Waals surface area contributed by atoms with Crippen molar-refractivity contribution in [2.45, 2.75) is 19.4 Å². The summed E-state index contributed by atoms with van der Waals surface area (Å²) in [6.07, 6.45) is 5.70. The van der Waals surface area contributed by atoms with Crippen LogP contribution in [0.25, 0.3) is 0 Å². The molecule has 1 aromatic heterocycles. The van der Waals surface area contributed by atoms with Gasteiger partial charge in [0.2, 0.25) is 0 Å². The van der Waals surface area contributed by atoms with Gasteiger partial charge in [0.15, 0.2) is 0 Å². The summed E-state index contributed by atoms with van der Waals surface area (Å²) in [7, 11) is 0. The Morgan fingerprint density at radius 3 is 2.47 bits per heavy atom. The van der Waals surface area contributed by atoms with E-state index in [1.165, 1.54) is 5.56 Å². The van der Waals surface area contributed by atoms with E-state index in [1.807, 2.05) is 41.3 Å². The van der Waals surface area contributed by atoms with Gasteiger partial charge in [-0.3, -0.25) is 14.7 Å². The minimum absolute atomic E-state index is 0.108. The molecule has 1 spiro atoms. The fourth-order valence-corrected chi connectivity index (χ4v) is 4.82. The van der Waals surface area contributed by atoms with Crippen molar-refractivity contribution in [3.8, 4) is 11.5 Å². The summed E-state index contributed by atoms with van der Waals surface area (Å²) in [4.78, 5) is 21.3. The van der Waals surface area contributed by atoms with E-state index in [0.717, 1.165) is 57.1 Å². The lowest BCUT2D eigenvalue weighted by Gasteiger charge is -2.54. The number of nitrogens with zero attached hydrogens (tertiary/aromatic N) is 3. The number of amides is 1. The molecule has 2 aromatic carbocycles. The van der Waals surface area contributed by atoms with E-state index < -0.39 is 0 Å². The maximum Gasteiger partial charge on any atom is 0.253 e. The standard InChI is InChI=1S/C26H26ClN3O2/c27-22-9-7-20(8-10-22)25(31)30-18-26(19-30)11-14-29(15-12-26)17-21-4-1-2-6-24(21)32-23-5-3-13-28-16-23/h1-10,13,16H,11-12,14-15,17-19H2. The molecule has 3 aromatic rings. The number of rotatable bonds is 5. The highest BCUT2D eigenvalue weighted by atomic mass is 35.5. The molecule has 164 valence electrons. The number of ether oxygens (including phenoxy) is 1. The average Bonchev–Trinajstić information content (AvgIpc) is 2.80. The molecule has 0 radical (unpaired) electrons. The van der Waals surface area contributed by atoms with Crippen LogP contribution >= 0.6 is 11.6 Å². The molecule has 2 aliphatic heterocycles. The van der Waals surface area contributed by atoms with E-state index in [-0.39, 0.29) is 11.3 Å². The number of carbonyl (C=O) groups is 1. The number of aromatic nitrogens is 1. The molecule has 2 fully saturated rings. The van der Waals surface area contributed by atoms with E-state index in [1.54, 1.807) is 24.5 Å². The summed E-state index contributed by atoms with van der Waals surface area (Å²) < 4.78 is 6.07. The van der Waals surface area contributed by atoms with Crippen molar-refractivity contribution in [3.63, 3.8) is 0 Å². The summed E-state index contributed by atoms with van der Waals surface area (Å²) in [5.74, 6) is 1.73. The van der Waals surface area contributed by atoms with E-state index in [0.29, 0.717) is 10.6 Å². The van der Waals surface area contributed by atoms with Gasteiger partial charge in [0.1, 0.15) is 11.5 Å². The second-order valence-electron chi connectivity index (χ2n) is 8.84. The van der Waals surface area contributed by atoms with Gasteiger partial charge < -0.3 is 9.64 Å². The fraction of sp³-hybridized carbons (Fsp3) is 0.308. The molecular formula is C26H26ClN3O2. The van der Waals surface area contributed by atoms with Crippen LogP contribution in [0.2, 0.25) is 5.02 Å². The van der Waals surface area contributed by atoms with Crippen LogP contribution in [0.4, 0.5) is 0 Å². The second kappa shape index (κ2) is 8.93. The second-order valence-corrected chi connectivity index (χ2v) is 9.28. The van der Waals surface area contributed by atoms with Gasteiger partial charge in [-0.2, -0.15) is 0 Å². The summed E-state index contributed by atoms with van der Waals surface area (Å²) >= 11 is 5.94. The van der Waals surface area contributed by atoms with Gasteiger partial charge in [0, 0.05) is 47.4 Å². The topological polar surface area (TPSA) is 45.7 Å². The van der Waals surface area contributed by atoms with Crippen LogP contribution in [-0.4, -0.2) is 46.9 Å². The smallest absolute Gasteiger partial charge is 0.253 e. The first-order valence-electron chi connectivity index (χ1n) is 11.0. The number of likely N-dealkylation sites (tertiary alicyclic amines) is 2. The molecule has 0 saturated carbocycles. The number of benzene rings is 2. The number of halogens is 1. The highest BCUT2D eigenvalue weighted by molar-refractivity contribution is 6.30. The molecule has 3 heterocycles. The van der Waals surface area contributed by atoms with Crippen LogP contribution < -0.4 is 4.74 Å². The molecule has 0 bridgehead atoms. The quantitative estimate of drug-likeness (QED) is 0.534. The molecule has 6 heteroatoms. The van der Waals surface area contributed by atoms with Gasteiger partial charge in [-0.15, -0.1) is 0 Å². The van der Waals surface area contributed by atoms with Gasteiger partial charge in [-0.25, -0.2) is 0 Å². The van der Waals surface area contributed by atoms with Crippen LogP contribution in [-0.2, 0) is 6.54 Å². The third-order valence-electron chi connectivity index (χ3n) is 6.58. The Kier molecular flexibility index (Phi) is 5.85. The first-order valence-corrected chi connectivity index (χ1v) is 11.4. The summed E-state index contributed by atoms with van der Waals surface area (Å²) in [5.41, 5.74) is 2.16. The van der Waals surface area contributed by atoms with E-state index in [9.17, 15) is 4.79 Å². The SMILES string of the molecule is O=C(c1ccc(Cl)cc1)N1CC2(CCN(Cc3ccccc3Oc3cccnc3)CC2)C1. The van der Waals surface area contributed by atoms with Gasteiger partial charge in [0.05, 0.1) is 6.20 Å². The Morgan fingerprint density at radius 2 is 1.75 bits per heavy atom. The lowest BCUT2D eigenvalue weighted by Crippen LogP contribution is -2.61. The lowest BCUT2D eigenvalue weighted by molar-refractivity contribution is -0.0336. The van der Waals surface area contributed by atoms with Crippen LogP contribution in [0.15, 0.2) is 73.1 Å². The van der Waals surface area contributed by atoms with E-state index in [2.05, 4.69) is 22.0 Å². The molecule has 0 atom stereocenters. The molecule has 32 heavy (non-hydrogen) atoms. The van der Waals surface area contributed by atoms with Crippen LogP contribution in [0, 0.1) is 5.41 Å². The first-order chi connectivity index (χ1) is 15.6. The maximum atomic E-state index is 12.7. The number of carbonyl (C=O) groups excluding carboxylic acids is 1. The van der Waals surface area contributed by atoms with E-state index >= 15 is 0 Å². The number of piperidine rings is 1. The number of hydrogen-bond acceptors (Lipinski definition) is 4. The predicted octanol–water partition coefficient (Wildman–Crippen LogP) is 5.27. The Bertz CT molecular complexity index is 1070. The van der Waals surface area contributed by atoms with Crippen molar-refractivity contribution in [2.24, 2.45) is 5.41 Å². The zero-order chi connectivity index (χ0) is 22.0. The molecule has 0 N–H and O–H groups in total. The Morgan fingerprint density at radius 1 is 1.00 bits per heavy atom. The highest BCUT2D eigenvalue weighted by Gasteiger charge is 2.46. The minimum Gasteiger partial charge on any atom is -0.455 e. The third kappa shape index (κ3) is 4.50. The number of para-hydroxylation sites is 1.